The smallest absolute Gasteiger partial charge is 0.333 e. The summed E-state index contributed by atoms with van der Waals surface area (Å²) in [6, 6.07) is 0. The molecule has 4 rings (SSSR count). The molecule has 4 heterocycles. The number of piperidine rings is 4. The lowest BCUT2D eigenvalue weighted by Gasteiger charge is -2.59. The van der Waals surface area contributed by atoms with Crippen LogP contribution in [-0.4, -0.2) is 111 Å². The molecule has 0 aliphatic carbocycles. The third-order valence-corrected chi connectivity index (χ3v) is 12.8. The van der Waals surface area contributed by atoms with Crippen LogP contribution in [0, 0.1) is 0 Å². The first-order chi connectivity index (χ1) is 22.8. The highest BCUT2D eigenvalue weighted by atomic mass is 31.2. The number of nitrogens with zero attached hydrogens (tertiary/aromatic N) is 4. The van der Waals surface area contributed by atoms with Gasteiger partial charge in [-0.05, 0) is 142 Å². The molecule has 0 saturated carbocycles. The first kappa shape index (κ1) is 43.2. The quantitative estimate of drug-likeness (QED) is 0.156. The monoisotopic (exact) mass is 746 g/mol. The third kappa shape index (κ3) is 9.47. The second kappa shape index (κ2) is 14.2. The van der Waals surface area contributed by atoms with E-state index in [2.05, 4.69) is 27.7 Å². The molecule has 0 spiro atoms. The van der Waals surface area contributed by atoms with Crippen LogP contribution < -0.4 is 0 Å². The topological polar surface area (TPSA) is 137 Å². The molecule has 0 aromatic carbocycles. The van der Waals surface area contributed by atoms with Crippen LogP contribution in [0.25, 0.3) is 0 Å². The molecule has 0 radical (unpaired) electrons. The number of carbonyl (C=O) groups is 1. The van der Waals surface area contributed by atoms with Gasteiger partial charge in [0, 0.05) is 58.5 Å². The van der Waals surface area contributed by atoms with Crippen molar-refractivity contribution in [2.24, 2.45) is 0 Å². The van der Waals surface area contributed by atoms with Crippen LogP contribution in [-0.2, 0) is 27.9 Å². The molecule has 4 saturated heterocycles. The van der Waals surface area contributed by atoms with E-state index < -0.39 is 59.2 Å². The molecule has 2 unspecified atom stereocenters. The third-order valence-electron chi connectivity index (χ3n) is 11.4. The van der Waals surface area contributed by atoms with Crippen molar-refractivity contribution in [2.75, 3.05) is 0 Å². The normalized spacial score (nSPS) is 33.4. The number of hydrogen-bond acceptors (Lipinski definition) is 13. The van der Waals surface area contributed by atoms with E-state index in [1.165, 1.54) is 22.1 Å². The predicted molar refractivity (Wildman–Crippen MR) is 195 cm³/mol. The van der Waals surface area contributed by atoms with E-state index in [1.54, 1.807) is 0 Å². The van der Waals surface area contributed by atoms with Gasteiger partial charge >= 0.3 is 14.6 Å². The number of hydrogen-bond donors (Lipinski definition) is 3. The lowest BCUT2D eigenvalue weighted by Crippen LogP contribution is -2.70. The molecule has 4 aliphatic heterocycles. The van der Waals surface area contributed by atoms with E-state index in [4.69, 9.17) is 23.1 Å². The van der Waals surface area contributed by atoms with E-state index in [0.29, 0.717) is 51.4 Å². The number of ether oxygens (including phenoxy) is 1. The highest BCUT2D eigenvalue weighted by molar-refractivity contribution is 7.41. The zero-order valence-electron chi connectivity index (χ0n) is 34.5. The van der Waals surface area contributed by atoms with Gasteiger partial charge in [0.15, 0.2) is 5.72 Å². The van der Waals surface area contributed by atoms with Gasteiger partial charge in [-0.1, -0.05) is 0 Å². The molecule has 0 aromatic rings. The van der Waals surface area contributed by atoms with Gasteiger partial charge in [0.25, 0.3) is 0 Å². The minimum absolute atomic E-state index is 0.205. The van der Waals surface area contributed by atoms with Crippen molar-refractivity contribution in [1.82, 2.24) is 20.3 Å². The standard InChI is InChI=1S/C37H71N4O9P/c1-25(42)46-26-17-34(10,11)40(45)37(16,24-26)50-41-35(12,13)22-29(23-36(41,14)15)49-51(47-27-18-30(2,3)38(43)31(4,5)19-27)48-28-20-32(6,7)39(44)33(8,9)21-28/h26-29,43-45H,17-24H2,1-16H3. The molecule has 0 aromatic heterocycles. The molecule has 4 aliphatic rings. The second-order valence-corrected chi connectivity index (χ2v) is 21.5. The lowest BCUT2D eigenvalue weighted by atomic mass is 9.80. The number of carbonyl (C=O) groups excluding carboxylic acids is 1. The molecular weight excluding hydrogens is 675 g/mol. The van der Waals surface area contributed by atoms with E-state index in [0.717, 1.165) is 0 Å². The summed E-state index contributed by atoms with van der Waals surface area (Å²) in [5.41, 5.74) is -4.99. The molecule has 0 bridgehead atoms. The van der Waals surface area contributed by atoms with Crippen LogP contribution in [0.1, 0.15) is 162 Å². The highest BCUT2D eigenvalue weighted by Gasteiger charge is 2.57. The van der Waals surface area contributed by atoms with Crippen LogP contribution >= 0.6 is 8.60 Å². The van der Waals surface area contributed by atoms with Crippen molar-refractivity contribution in [3.8, 4) is 0 Å². The summed E-state index contributed by atoms with van der Waals surface area (Å²) in [5, 5.41) is 39.6. The van der Waals surface area contributed by atoms with E-state index in [9.17, 15) is 20.4 Å². The summed E-state index contributed by atoms with van der Waals surface area (Å²) in [6.07, 6.45) is 3.34. The number of esters is 1. The minimum atomic E-state index is -1.84. The Bertz CT molecular complexity index is 1160. The Labute approximate surface area is 309 Å². The largest absolute Gasteiger partial charge is 0.462 e. The molecular formula is C37H71N4O9P. The van der Waals surface area contributed by atoms with Crippen molar-refractivity contribution >= 4 is 14.6 Å². The molecule has 0 amide bonds. The van der Waals surface area contributed by atoms with Crippen LogP contribution in [0.15, 0.2) is 0 Å². The molecule has 3 N–H and O–H groups in total. The van der Waals surface area contributed by atoms with Crippen molar-refractivity contribution < 1.29 is 43.6 Å². The molecule has 13 nitrogen and oxygen atoms in total. The van der Waals surface area contributed by atoms with Crippen LogP contribution in [0.4, 0.5) is 0 Å². The SMILES string of the molecule is CC(=O)OC1CC(C)(C)N(O)C(C)(ON2C(C)(C)CC(OP(OC3CC(C)(C)N(O)C(C)(C)C3)OC3CC(C)(C)N(O)C(C)(C)C3)CC2(C)C)C1. The summed E-state index contributed by atoms with van der Waals surface area (Å²) in [6.45, 7) is 31.7. The zero-order chi connectivity index (χ0) is 39.0. The number of rotatable bonds is 9. The maximum atomic E-state index is 11.9. The predicted octanol–water partition coefficient (Wildman–Crippen LogP) is 7.95. The fraction of sp³-hybridized carbons (Fsp3) is 0.973. The van der Waals surface area contributed by atoms with Gasteiger partial charge in [-0.15, -0.1) is 0 Å². The fourth-order valence-corrected chi connectivity index (χ4v) is 11.2. The Morgan fingerprint density at radius 3 is 1.12 bits per heavy atom. The van der Waals surface area contributed by atoms with Gasteiger partial charge in [0.1, 0.15) is 6.10 Å². The summed E-state index contributed by atoms with van der Waals surface area (Å²) < 4.78 is 26.3. The van der Waals surface area contributed by atoms with Crippen LogP contribution in [0.5, 0.6) is 0 Å². The van der Waals surface area contributed by atoms with E-state index in [-0.39, 0.29) is 24.3 Å². The van der Waals surface area contributed by atoms with Gasteiger partial charge in [0.2, 0.25) is 0 Å². The molecule has 2 atom stereocenters. The molecule has 14 heteroatoms. The lowest BCUT2D eigenvalue weighted by molar-refractivity contribution is -0.435. The summed E-state index contributed by atoms with van der Waals surface area (Å²) in [5.74, 6) is -0.354. The van der Waals surface area contributed by atoms with E-state index in [1.807, 2.05) is 81.2 Å². The Morgan fingerprint density at radius 1 is 0.490 bits per heavy atom. The first-order valence-electron chi connectivity index (χ1n) is 18.8. The van der Waals surface area contributed by atoms with Crippen LogP contribution in [0.3, 0.4) is 0 Å². The minimum Gasteiger partial charge on any atom is -0.462 e. The Hall–Kier alpha value is -0.540. The summed E-state index contributed by atoms with van der Waals surface area (Å²) in [4.78, 5) is 18.8. The highest BCUT2D eigenvalue weighted by Crippen LogP contribution is 2.54. The van der Waals surface area contributed by atoms with Crippen molar-refractivity contribution in [1.29, 1.82) is 0 Å². The van der Waals surface area contributed by atoms with E-state index >= 15 is 0 Å². The van der Waals surface area contributed by atoms with Gasteiger partial charge in [-0.25, -0.2) is 0 Å². The fourth-order valence-electron chi connectivity index (χ4n) is 9.90. The van der Waals surface area contributed by atoms with Gasteiger partial charge in [-0.3, -0.25) is 9.63 Å². The molecule has 298 valence electrons. The van der Waals surface area contributed by atoms with Crippen LogP contribution in [0.2, 0.25) is 0 Å². The van der Waals surface area contributed by atoms with Crippen molar-refractivity contribution in [3.05, 3.63) is 0 Å². The van der Waals surface area contributed by atoms with Crippen molar-refractivity contribution in [3.63, 3.8) is 0 Å². The molecule has 51 heavy (non-hydrogen) atoms. The Kier molecular flexibility index (Phi) is 12.0. The maximum absolute atomic E-state index is 11.9. The summed E-state index contributed by atoms with van der Waals surface area (Å²) >= 11 is 0. The average molecular weight is 747 g/mol. The zero-order valence-corrected chi connectivity index (χ0v) is 35.4. The second-order valence-electron chi connectivity index (χ2n) is 20.5. The van der Waals surface area contributed by atoms with Gasteiger partial charge in [0.05, 0.1) is 18.3 Å². The van der Waals surface area contributed by atoms with Gasteiger partial charge in [-0.2, -0.15) is 20.3 Å². The Balaban J connectivity index is 1.58. The Morgan fingerprint density at radius 2 is 0.784 bits per heavy atom. The van der Waals surface area contributed by atoms with Gasteiger partial charge < -0.3 is 33.9 Å². The average Bonchev–Trinajstić information content (AvgIpc) is 2.89. The summed E-state index contributed by atoms with van der Waals surface area (Å²) in [7, 11) is -1.84. The maximum Gasteiger partial charge on any atom is 0.333 e. The van der Waals surface area contributed by atoms with Crippen molar-refractivity contribution in [2.45, 2.75) is 231 Å². The first-order valence-corrected chi connectivity index (χ1v) is 19.9. The number of hydroxylamine groups is 8. The molecule has 4 fully saturated rings.